The van der Waals surface area contributed by atoms with Crippen LogP contribution in [-0.2, 0) is 4.74 Å². The molecule has 0 saturated heterocycles. The molecule has 0 aromatic carbocycles. The number of ether oxygens (including phenoxy) is 1. The van der Waals surface area contributed by atoms with Crippen LogP contribution in [-0.4, -0.2) is 18.7 Å². The predicted octanol–water partition coefficient (Wildman–Crippen LogP) is 2.86. The number of hydrogen-bond donors (Lipinski definition) is 0. The fraction of sp³-hybridized carbons (Fsp3) is 0.818. The first kappa shape index (κ1) is 11.2. The van der Waals surface area contributed by atoms with Crippen LogP contribution >= 0.6 is 0 Å². The van der Waals surface area contributed by atoms with Gasteiger partial charge in [-0.15, -0.1) is 5.10 Å². The first-order chi connectivity index (χ1) is 6.36. The molecular formula is C11H20N2O. The zero-order valence-electron chi connectivity index (χ0n) is 10.0. The van der Waals surface area contributed by atoms with Gasteiger partial charge in [0, 0.05) is 5.41 Å². The summed E-state index contributed by atoms with van der Waals surface area (Å²) in [5.74, 6) is 0.741. The Morgan fingerprint density at radius 2 is 1.86 bits per heavy atom. The van der Waals surface area contributed by atoms with E-state index in [1.807, 2.05) is 0 Å². The smallest absolute Gasteiger partial charge is 0.220 e. The molecule has 0 aromatic rings. The van der Waals surface area contributed by atoms with Crippen LogP contribution in [0.1, 0.15) is 41.0 Å². The van der Waals surface area contributed by atoms with Crippen molar-refractivity contribution in [1.29, 1.82) is 0 Å². The average Bonchev–Trinajstić information content (AvgIpc) is 2.42. The molecule has 0 aliphatic carbocycles. The lowest BCUT2D eigenvalue weighted by molar-refractivity contribution is 0.343. The molecule has 1 heterocycles. The van der Waals surface area contributed by atoms with Gasteiger partial charge in [0.05, 0.1) is 18.2 Å². The van der Waals surface area contributed by atoms with Crippen molar-refractivity contribution in [2.24, 2.45) is 21.0 Å². The van der Waals surface area contributed by atoms with Gasteiger partial charge in [0.25, 0.3) is 0 Å². The zero-order chi connectivity index (χ0) is 11.0. The molecule has 1 atom stereocenters. The summed E-state index contributed by atoms with van der Waals surface area (Å²) in [4.78, 5) is 0. The van der Waals surface area contributed by atoms with Crippen molar-refractivity contribution in [3.05, 3.63) is 0 Å². The van der Waals surface area contributed by atoms with Crippen molar-refractivity contribution < 1.29 is 4.74 Å². The van der Waals surface area contributed by atoms with Gasteiger partial charge in [-0.1, -0.05) is 27.7 Å². The van der Waals surface area contributed by atoms with Gasteiger partial charge in [0.1, 0.15) is 0 Å². The Balaban J connectivity index is 3.06. The highest BCUT2D eigenvalue weighted by atomic mass is 16.5. The first-order valence-corrected chi connectivity index (χ1v) is 5.07. The lowest BCUT2D eigenvalue weighted by Crippen LogP contribution is -2.40. The molecule has 0 spiro atoms. The van der Waals surface area contributed by atoms with E-state index in [0.29, 0.717) is 0 Å². The van der Waals surface area contributed by atoms with Gasteiger partial charge in [0.2, 0.25) is 5.90 Å². The largest absolute Gasteiger partial charge is 0.482 e. The van der Waals surface area contributed by atoms with Crippen molar-refractivity contribution >= 4 is 11.6 Å². The Bertz CT molecular complexity index is 286. The number of hydrogen-bond acceptors (Lipinski definition) is 3. The molecule has 1 unspecified atom stereocenters. The van der Waals surface area contributed by atoms with Crippen LogP contribution in [0.15, 0.2) is 10.2 Å². The quantitative estimate of drug-likeness (QED) is 0.635. The summed E-state index contributed by atoms with van der Waals surface area (Å²) in [6.45, 7) is 10.8. The normalized spacial score (nSPS) is 27.3. The van der Waals surface area contributed by atoms with Gasteiger partial charge >= 0.3 is 0 Å². The summed E-state index contributed by atoms with van der Waals surface area (Å²) in [5.41, 5.74) is 1.05. The lowest BCUT2D eigenvalue weighted by atomic mass is 9.71. The standard InChI is InChI=1S/C11H20N2O/c1-7-11(5)8(10(2,3)4)12-13-9(11)14-6/h7H2,1-6H3. The fourth-order valence-corrected chi connectivity index (χ4v) is 1.98. The van der Waals surface area contributed by atoms with E-state index in [-0.39, 0.29) is 10.8 Å². The SMILES string of the molecule is CCC1(C)C(OC)=NN=C1C(C)(C)C. The maximum absolute atomic E-state index is 5.28. The van der Waals surface area contributed by atoms with Crippen molar-refractivity contribution in [1.82, 2.24) is 0 Å². The molecule has 80 valence electrons. The molecule has 0 N–H and O–H groups in total. The van der Waals surface area contributed by atoms with E-state index in [4.69, 9.17) is 4.74 Å². The van der Waals surface area contributed by atoms with Gasteiger partial charge in [-0.3, -0.25) is 0 Å². The van der Waals surface area contributed by atoms with Gasteiger partial charge in [-0.05, 0) is 13.3 Å². The Hall–Kier alpha value is -0.860. The van der Waals surface area contributed by atoms with Crippen molar-refractivity contribution in [3.8, 4) is 0 Å². The number of rotatable bonds is 1. The highest BCUT2D eigenvalue weighted by Crippen LogP contribution is 2.38. The van der Waals surface area contributed by atoms with E-state index >= 15 is 0 Å². The van der Waals surface area contributed by atoms with Crippen molar-refractivity contribution in [2.45, 2.75) is 41.0 Å². The molecule has 0 radical (unpaired) electrons. The number of nitrogens with zero attached hydrogens (tertiary/aromatic N) is 2. The molecule has 0 saturated carbocycles. The molecule has 0 amide bonds. The highest BCUT2D eigenvalue weighted by molar-refractivity contribution is 6.13. The molecule has 0 aromatic heterocycles. The van der Waals surface area contributed by atoms with E-state index in [2.05, 4.69) is 44.8 Å². The molecule has 1 aliphatic rings. The Morgan fingerprint density at radius 3 is 2.21 bits per heavy atom. The second-order valence-corrected chi connectivity index (χ2v) is 4.99. The van der Waals surface area contributed by atoms with Crippen LogP contribution in [0.25, 0.3) is 0 Å². The van der Waals surface area contributed by atoms with E-state index in [0.717, 1.165) is 18.0 Å². The summed E-state index contributed by atoms with van der Waals surface area (Å²) >= 11 is 0. The minimum atomic E-state index is -0.118. The average molecular weight is 196 g/mol. The topological polar surface area (TPSA) is 34.0 Å². The van der Waals surface area contributed by atoms with Crippen LogP contribution in [0.2, 0.25) is 0 Å². The Kier molecular flexibility index (Phi) is 2.70. The monoisotopic (exact) mass is 196 g/mol. The van der Waals surface area contributed by atoms with Gasteiger partial charge < -0.3 is 4.74 Å². The Morgan fingerprint density at radius 1 is 1.29 bits per heavy atom. The maximum Gasteiger partial charge on any atom is 0.220 e. The van der Waals surface area contributed by atoms with Crippen LogP contribution < -0.4 is 0 Å². The lowest BCUT2D eigenvalue weighted by Gasteiger charge is -2.32. The van der Waals surface area contributed by atoms with Gasteiger partial charge in [-0.2, -0.15) is 5.10 Å². The zero-order valence-corrected chi connectivity index (χ0v) is 10.0. The van der Waals surface area contributed by atoms with Crippen LogP contribution in [0.5, 0.6) is 0 Å². The van der Waals surface area contributed by atoms with Crippen LogP contribution in [0, 0.1) is 10.8 Å². The highest BCUT2D eigenvalue weighted by Gasteiger charge is 2.44. The second kappa shape index (κ2) is 3.37. The van der Waals surface area contributed by atoms with E-state index in [1.54, 1.807) is 7.11 Å². The predicted molar refractivity (Wildman–Crippen MR) is 59.7 cm³/mol. The van der Waals surface area contributed by atoms with Crippen LogP contribution in [0.3, 0.4) is 0 Å². The summed E-state index contributed by atoms with van der Waals surface area (Å²) < 4.78 is 5.28. The maximum atomic E-state index is 5.28. The number of methoxy groups -OCH3 is 1. The van der Waals surface area contributed by atoms with E-state index in [9.17, 15) is 0 Å². The molecule has 14 heavy (non-hydrogen) atoms. The molecule has 1 rings (SSSR count). The molecular weight excluding hydrogens is 176 g/mol. The fourth-order valence-electron chi connectivity index (χ4n) is 1.98. The molecule has 3 nitrogen and oxygen atoms in total. The third kappa shape index (κ3) is 1.56. The summed E-state index contributed by atoms with van der Waals surface area (Å²) in [6, 6.07) is 0. The summed E-state index contributed by atoms with van der Waals surface area (Å²) in [6.07, 6.45) is 0.968. The van der Waals surface area contributed by atoms with E-state index in [1.165, 1.54) is 0 Å². The molecule has 0 fully saturated rings. The van der Waals surface area contributed by atoms with Gasteiger partial charge in [0.15, 0.2) is 0 Å². The minimum Gasteiger partial charge on any atom is -0.482 e. The molecule has 1 aliphatic heterocycles. The molecule has 0 bridgehead atoms. The summed E-state index contributed by atoms with van der Waals surface area (Å²) in [7, 11) is 1.66. The Labute approximate surface area is 86.3 Å². The van der Waals surface area contributed by atoms with E-state index < -0.39 is 0 Å². The minimum absolute atomic E-state index is 0.0501. The van der Waals surface area contributed by atoms with Crippen molar-refractivity contribution in [3.63, 3.8) is 0 Å². The van der Waals surface area contributed by atoms with Crippen LogP contribution in [0.4, 0.5) is 0 Å². The van der Waals surface area contributed by atoms with Gasteiger partial charge in [-0.25, -0.2) is 0 Å². The first-order valence-electron chi connectivity index (χ1n) is 5.07. The molecule has 3 heteroatoms. The van der Waals surface area contributed by atoms with Crippen molar-refractivity contribution in [2.75, 3.05) is 7.11 Å². The second-order valence-electron chi connectivity index (χ2n) is 4.99. The summed E-state index contributed by atoms with van der Waals surface area (Å²) in [5, 5.41) is 8.37. The third-order valence-electron chi connectivity index (χ3n) is 2.85. The third-order valence-corrected chi connectivity index (χ3v) is 2.85.